The molecule has 1 fully saturated rings. The van der Waals surface area contributed by atoms with Crippen LogP contribution in [0.15, 0.2) is 89.8 Å². The van der Waals surface area contributed by atoms with Crippen molar-refractivity contribution < 1.29 is 23.9 Å². The van der Waals surface area contributed by atoms with Gasteiger partial charge in [-0.25, -0.2) is 4.79 Å². The highest BCUT2D eigenvalue weighted by Crippen LogP contribution is 2.26. The summed E-state index contributed by atoms with van der Waals surface area (Å²) in [7, 11) is 0. The molecule has 1 aliphatic heterocycles. The Labute approximate surface area is 195 Å². The fourth-order valence-corrected chi connectivity index (χ4v) is 3.75. The van der Waals surface area contributed by atoms with Crippen molar-refractivity contribution in [3.8, 4) is 11.5 Å². The summed E-state index contributed by atoms with van der Waals surface area (Å²) in [5, 5.41) is 1.85. The SMILES string of the molecule is O=C1NC(=O)C(=Cc2ccc(OCCN(C(=O)Oc3ccccc3)c3ccccc3)cc2)S1. The predicted octanol–water partition coefficient (Wildman–Crippen LogP) is 5.09. The van der Waals surface area contributed by atoms with Gasteiger partial charge in [-0.2, -0.15) is 0 Å². The topological polar surface area (TPSA) is 84.9 Å². The quantitative estimate of drug-likeness (QED) is 0.494. The number of imide groups is 1. The Morgan fingerprint density at radius 1 is 0.879 bits per heavy atom. The molecule has 0 saturated carbocycles. The van der Waals surface area contributed by atoms with E-state index in [1.54, 1.807) is 54.6 Å². The highest BCUT2D eigenvalue weighted by molar-refractivity contribution is 8.18. The Bertz CT molecular complexity index is 1160. The number of nitrogens with zero attached hydrogens (tertiary/aromatic N) is 1. The fraction of sp³-hybridized carbons (Fsp3) is 0.0800. The lowest BCUT2D eigenvalue weighted by Gasteiger charge is -2.22. The second-order valence-electron chi connectivity index (χ2n) is 6.94. The molecule has 33 heavy (non-hydrogen) atoms. The van der Waals surface area contributed by atoms with Gasteiger partial charge in [0.15, 0.2) is 0 Å². The summed E-state index contributed by atoms with van der Waals surface area (Å²) in [6.45, 7) is 0.520. The third-order valence-corrected chi connectivity index (χ3v) is 5.45. The number of para-hydroxylation sites is 2. The van der Waals surface area contributed by atoms with Crippen LogP contribution in [0.5, 0.6) is 11.5 Å². The van der Waals surface area contributed by atoms with E-state index in [1.807, 2.05) is 36.4 Å². The number of anilines is 1. The molecule has 0 aromatic heterocycles. The van der Waals surface area contributed by atoms with Gasteiger partial charge in [-0.15, -0.1) is 0 Å². The number of thioether (sulfide) groups is 1. The second kappa shape index (κ2) is 10.5. The highest BCUT2D eigenvalue weighted by atomic mass is 32.2. The van der Waals surface area contributed by atoms with Crippen molar-refractivity contribution in [1.29, 1.82) is 0 Å². The first-order chi connectivity index (χ1) is 16.1. The highest BCUT2D eigenvalue weighted by Gasteiger charge is 2.24. The van der Waals surface area contributed by atoms with E-state index in [0.29, 0.717) is 22.1 Å². The van der Waals surface area contributed by atoms with Crippen molar-refractivity contribution in [2.24, 2.45) is 0 Å². The Morgan fingerprint density at radius 2 is 1.55 bits per heavy atom. The molecule has 3 aromatic rings. The van der Waals surface area contributed by atoms with Crippen molar-refractivity contribution in [2.75, 3.05) is 18.1 Å². The van der Waals surface area contributed by atoms with Crippen molar-refractivity contribution >= 4 is 40.8 Å². The maximum absolute atomic E-state index is 12.8. The number of hydrogen-bond donors (Lipinski definition) is 1. The van der Waals surface area contributed by atoms with Crippen LogP contribution in [0.4, 0.5) is 15.3 Å². The molecule has 1 aliphatic rings. The maximum atomic E-state index is 12.8. The number of carbonyl (C=O) groups is 3. The summed E-state index contributed by atoms with van der Waals surface area (Å²) in [6, 6.07) is 25.2. The zero-order chi connectivity index (χ0) is 23.0. The monoisotopic (exact) mass is 460 g/mol. The molecule has 7 nitrogen and oxygen atoms in total. The summed E-state index contributed by atoms with van der Waals surface area (Å²) in [5.41, 5.74) is 1.47. The molecular formula is C25H20N2O5S. The molecule has 0 bridgehead atoms. The minimum atomic E-state index is -0.500. The minimum Gasteiger partial charge on any atom is -0.492 e. The van der Waals surface area contributed by atoms with Crippen LogP contribution in [-0.4, -0.2) is 30.4 Å². The third kappa shape index (κ3) is 6.02. The summed E-state index contributed by atoms with van der Waals surface area (Å²) in [5.74, 6) is 0.680. The van der Waals surface area contributed by atoms with Crippen LogP contribution in [0.2, 0.25) is 0 Å². The van der Waals surface area contributed by atoms with Crippen molar-refractivity contribution in [3.63, 3.8) is 0 Å². The number of hydrogen-bond acceptors (Lipinski definition) is 6. The van der Waals surface area contributed by atoms with E-state index in [9.17, 15) is 14.4 Å². The molecule has 0 radical (unpaired) electrons. The zero-order valence-corrected chi connectivity index (χ0v) is 18.3. The summed E-state index contributed by atoms with van der Waals surface area (Å²) >= 11 is 0.872. The molecule has 1 N–H and O–H groups in total. The first-order valence-corrected chi connectivity index (χ1v) is 11.0. The van der Waals surface area contributed by atoms with Crippen LogP contribution in [0.3, 0.4) is 0 Å². The third-order valence-electron chi connectivity index (χ3n) is 4.64. The van der Waals surface area contributed by atoms with Crippen molar-refractivity contribution in [2.45, 2.75) is 0 Å². The van der Waals surface area contributed by atoms with Gasteiger partial charge < -0.3 is 9.47 Å². The Kier molecular flexibility index (Phi) is 7.06. The lowest BCUT2D eigenvalue weighted by molar-refractivity contribution is -0.115. The average Bonchev–Trinajstić information content (AvgIpc) is 3.15. The Hall–Kier alpha value is -4.04. The van der Waals surface area contributed by atoms with Crippen molar-refractivity contribution in [1.82, 2.24) is 5.32 Å². The number of benzene rings is 3. The molecule has 0 atom stereocenters. The summed E-state index contributed by atoms with van der Waals surface area (Å²) < 4.78 is 11.3. The number of amides is 3. The van der Waals surface area contributed by atoms with Gasteiger partial charge in [0.05, 0.1) is 11.4 Å². The molecule has 0 aliphatic carbocycles. The molecular weight excluding hydrogens is 440 g/mol. The molecule has 0 unspecified atom stereocenters. The van der Waals surface area contributed by atoms with Gasteiger partial charge in [0.2, 0.25) is 0 Å². The molecule has 1 heterocycles. The van der Waals surface area contributed by atoms with Gasteiger partial charge >= 0.3 is 6.09 Å². The molecule has 8 heteroatoms. The smallest absolute Gasteiger partial charge is 0.419 e. The van der Waals surface area contributed by atoms with E-state index in [0.717, 1.165) is 17.3 Å². The fourth-order valence-electron chi connectivity index (χ4n) is 3.07. The van der Waals surface area contributed by atoms with E-state index in [4.69, 9.17) is 9.47 Å². The molecule has 3 aromatic carbocycles. The predicted molar refractivity (Wildman–Crippen MR) is 127 cm³/mol. The van der Waals surface area contributed by atoms with Crippen LogP contribution >= 0.6 is 11.8 Å². The largest absolute Gasteiger partial charge is 0.492 e. The zero-order valence-electron chi connectivity index (χ0n) is 17.5. The van der Waals surface area contributed by atoms with E-state index in [2.05, 4.69) is 5.32 Å². The van der Waals surface area contributed by atoms with Gasteiger partial charge in [0, 0.05) is 5.69 Å². The van der Waals surface area contributed by atoms with Gasteiger partial charge in [0.25, 0.3) is 11.1 Å². The molecule has 166 valence electrons. The number of ether oxygens (including phenoxy) is 2. The van der Waals surface area contributed by atoms with Crippen LogP contribution in [-0.2, 0) is 4.79 Å². The first-order valence-electron chi connectivity index (χ1n) is 10.2. The molecule has 0 spiro atoms. The van der Waals surface area contributed by atoms with E-state index in [-0.39, 0.29) is 18.4 Å². The standard InChI is InChI=1S/C25H20N2O5S/c28-23-22(33-24(29)26-23)17-18-11-13-20(14-12-18)31-16-15-27(19-7-3-1-4-8-19)25(30)32-21-9-5-2-6-10-21/h1-14,17H,15-16H2,(H,26,28,29). The van der Waals surface area contributed by atoms with Crippen LogP contribution < -0.4 is 19.7 Å². The number of nitrogens with one attached hydrogen (secondary N) is 1. The molecule has 4 rings (SSSR count). The number of rotatable bonds is 7. The number of carbonyl (C=O) groups excluding carboxylic acids is 3. The lowest BCUT2D eigenvalue weighted by atomic mass is 10.2. The van der Waals surface area contributed by atoms with Gasteiger partial charge in [-0.1, -0.05) is 48.5 Å². The summed E-state index contributed by atoms with van der Waals surface area (Å²) in [4.78, 5) is 37.6. The van der Waals surface area contributed by atoms with Crippen molar-refractivity contribution in [3.05, 3.63) is 95.4 Å². The Balaban J connectivity index is 1.38. The van der Waals surface area contributed by atoms with Gasteiger partial charge in [-0.05, 0) is 59.8 Å². The maximum Gasteiger partial charge on any atom is 0.419 e. The summed E-state index contributed by atoms with van der Waals surface area (Å²) in [6.07, 6.45) is 1.14. The van der Waals surface area contributed by atoms with Gasteiger partial charge in [-0.3, -0.25) is 19.8 Å². The lowest BCUT2D eigenvalue weighted by Crippen LogP contribution is -2.36. The normalized spacial score (nSPS) is 14.1. The van der Waals surface area contributed by atoms with Crippen LogP contribution in [0.1, 0.15) is 5.56 Å². The van der Waals surface area contributed by atoms with Gasteiger partial charge in [0.1, 0.15) is 18.1 Å². The van der Waals surface area contributed by atoms with Crippen LogP contribution in [0.25, 0.3) is 6.08 Å². The second-order valence-corrected chi connectivity index (χ2v) is 7.95. The average molecular weight is 461 g/mol. The molecule has 3 amide bonds. The molecule has 1 saturated heterocycles. The van der Waals surface area contributed by atoms with E-state index in [1.165, 1.54) is 4.90 Å². The van der Waals surface area contributed by atoms with E-state index < -0.39 is 12.0 Å². The first kappa shape index (κ1) is 22.2. The van der Waals surface area contributed by atoms with Crippen LogP contribution in [0, 0.1) is 0 Å². The minimum absolute atomic E-state index is 0.242. The Morgan fingerprint density at radius 3 is 2.18 bits per heavy atom. The van der Waals surface area contributed by atoms with E-state index >= 15 is 0 Å².